The van der Waals surface area contributed by atoms with Crippen LogP contribution in [-0.2, 0) is 23.0 Å². The Morgan fingerprint density at radius 2 is 2.10 bits per heavy atom. The molecule has 1 atom stereocenters. The van der Waals surface area contributed by atoms with Crippen LogP contribution in [-0.4, -0.2) is 14.5 Å². The molecule has 4 nitrogen and oxygen atoms in total. The molecular weight excluding hydrogens is 304 g/mol. The first-order valence-corrected chi connectivity index (χ1v) is 9.13. The summed E-state index contributed by atoms with van der Waals surface area (Å²) in [5.41, 5.74) is 7.49. The van der Waals surface area contributed by atoms with Crippen molar-refractivity contribution in [1.82, 2.24) is 4.72 Å². The van der Waals surface area contributed by atoms with Crippen LogP contribution in [0.3, 0.4) is 0 Å². The van der Waals surface area contributed by atoms with Gasteiger partial charge < -0.3 is 5.73 Å². The third kappa shape index (κ3) is 4.14. The largest absolute Gasteiger partial charge is 0.326 e. The molecule has 0 aliphatic heterocycles. The molecule has 0 bridgehead atoms. The second kappa shape index (κ2) is 6.70. The van der Waals surface area contributed by atoms with E-state index in [4.69, 9.17) is 5.73 Å². The van der Waals surface area contributed by atoms with Crippen molar-refractivity contribution in [2.45, 2.75) is 37.8 Å². The van der Waals surface area contributed by atoms with Crippen molar-refractivity contribution in [3.8, 4) is 0 Å². The minimum Gasteiger partial charge on any atom is -0.326 e. The fourth-order valence-corrected chi connectivity index (χ4v) is 4.27. The van der Waals surface area contributed by atoms with Gasteiger partial charge in [0.15, 0.2) is 0 Å². The number of aryl methyl sites for hydroxylation is 1. The molecule has 1 heterocycles. The Bertz CT molecular complexity index is 694. The summed E-state index contributed by atoms with van der Waals surface area (Å²) in [5, 5.41) is 1.99. The molecule has 2 rings (SSSR count). The molecule has 6 heteroatoms. The van der Waals surface area contributed by atoms with Crippen LogP contribution in [0.4, 0.5) is 0 Å². The van der Waals surface area contributed by atoms with E-state index in [1.807, 2.05) is 31.4 Å². The lowest BCUT2D eigenvalue weighted by Crippen LogP contribution is -2.34. The zero-order valence-corrected chi connectivity index (χ0v) is 13.8. The van der Waals surface area contributed by atoms with Crippen molar-refractivity contribution in [3.63, 3.8) is 0 Å². The molecule has 114 valence electrons. The van der Waals surface area contributed by atoms with Gasteiger partial charge in [-0.25, -0.2) is 13.1 Å². The monoisotopic (exact) mass is 324 g/mol. The second-order valence-corrected chi connectivity index (χ2v) is 7.84. The Kier molecular flexibility index (Phi) is 5.16. The lowest BCUT2D eigenvalue weighted by atomic mass is 10.1. The maximum absolute atomic E-state index is 12.4. The summed E-state index contributed by atoms with van der Waals surface area (Å²) < 4.78 is 27.5. The van der Waals surface area contributed by atoms with E-state index >= 15 is 0 Å². The minimum atomic E-state index is -3.51. The predicted octanol–water partition coefficient (Wildman–Crippen LogP) is 2.42. The van der Waals surface area contributed by atoms with Gasteiger partial charge in [-0.15, -0.1) is 11.3 Å². The first-order chi connectivity index (χ1) is 9.92. The van der Waals surface area contributed by atoms with Crippen molar-refractivity contribution < 1.29 is 8.42 Å². The third-order valence-electron chi connectivity index (χ3n) is 3.29. The average molecular weight is 324 g/mol. The van der Waals surface area contributed by atoms with Gasteiger partial charge in [-0.3, -0.25) is 0 Å². The number of nitrogens with two attached hydrogens (primary N) is 1. The molecule has 21 heavy (non-hydrogen) atoms. The molecule has 0 saturated heterocycles. The van der Waals surface area contributed by atoms with E-state index in [0.29, 0.717) is 13.0 Å². The van der Waals surface area contributed by atoms with Gasteiger partial charge in [-0.1, -0.05) is 12.1 Å². The number of hydrogen-bond donors (Lipinski definition) is 2. The highest BCUT2D eigenvalue weighted by Gasteiger charge is 2.18. The molecule has 3 N–H and O–H groups in total. The summed E-state index contributed by atoms with van der Waals surface area (Å²) in [6, 6.07) is 8.88. The zero-order chi connectivity index (χ0) is 15.5. The van der Waals surface area contributed by atoms with Crippen LogP contribution < -0.4 is 10.5 Å². The van der Waals surface area contributed by atoms with Gasteiger partial charge in [0.05, 0.1) is 4.90 Å². The lowest BCUT2D eigenvalue weighted by molar-refractivity contribution is 0.560. The van der Waals surface area contributed by atoms with Crippen molar-refractivity contribution in [2.75, 3.05) is 0 Å². The maximum atomic E-state index is 12.4. The van der Waals surface area contributed by atoms with Crippen LogP contribution in [0.1, 0.15) is 22.9 Å². The van der Waals surface area contributed by atoms with Crippen molar-refractivity contribution >= 4 is 21.4 Å². The Hall–Kier alpha value is -1.21. The van der Waals surface area contributed by atoms with Gasteiger partial charge >= 0.3 is 0 Å². The fourth-order valence-electron chi connectivity index (χ4n) is 2.14. The minimum absolute atomic E-state index is 0.156. The molecule has 1 aromatic carbocycles. The zero-order valence-electron chi connectivity index (χ0n) is 12.2. The Morgan fingerprint density at radius 1 is 1.33 bits per heavy atom. The molecular formula is C15H20N2O2S2. The Morgan fingerprint density at radius 3 is 2.71 bits per heavy atom. The van der Waals surface area contributed by atoms with Gasteiger partial charge in [-0.2, -0.15) is 0 Å². The van der Waals surface area contributed by atoms with E-state index in [1.165, 1.54) is 0 Å². The molecule has 0 radical (unpaired) electrons. The Labute approximate surface area is 130 Å². The van der Waals surface area contributed by atoms with E-state index in [0.717, 1.165) is 16.0 Å². The van der Waals surface area contributed by atoms with E-state index in [9.17, 15) is 8.42 Å². The van der Waals surface area contributed by atoms with Crippen LogP contribution in [0, 0.1) is 6.92 Å². The van der Waals surface area contributed by atoms with E-state index < -0.39 is 10.0 Å². The number of nitrogens with one attached hydrogen (secondary N) is 1. The van der Waals surface area contributed by atoms with Crippen molar-refractivity contribution in [2.24, 2.45) is 5.73 Å². The van der Waals surface area contributed by atoms with Gasteiger partial charge in [-0.05, 0) is 55.0 Å². The molecule has 2 aromatic rings. The number of rotatable bonds is 6. The van der Waals surface area contributed by atoms with E-state index in [2.05, 4.69) is 4.72 Å². The number of hydrogen-bond acceptors (Lipinski definition) is 4. The van der Waals surface area contributed by atoms with Gasteiger partial charge in [0.1, 0.15) is 0 Å². The summed E-state index contributed by atoms with van der Waals surface area (Å²) in [6.07, 6.45) is 0.687. The quantitative estimate of drug-likeness (QED) is 0.857. The van der Waals surface area contributed by atoms with E-state index in [-0.39, 0.29) is 10.9 Å². The molecule has 0 aliphatic rings. The number of sulfonamides is 1. The van der Waals surface area contributed by atoms with Crippen LogP contribution in [0.25, 0.3) is 0 Å². The molecule has 0 saturated carbocycles. The van der Waals surface area contributed by atoms with Gasteiger partial charge in [0.2, 0.25) is 10.0 Å². The van der Waals surface area contributed by atoms with Crippen LogP contribution in [0.2, 0.25) is 0 Å². The highest BCUT2D eigenvalue weighted by molar-refractivity contribution is 7.89. The summed E-state index contributed by atoms with van der Waals surface area (Å²) in [4.78, 5) is 1.43. The molecule has 0 amide bonds. The summed E-state index contributed by atoms with van der Waals surface area (Å²) in [7, 11) is -3.51. The summed E-state index contributed by atoms with van der Waals surface area (Å²) in [5.74, 6) is 0. The smallest absolute Gasteiger partial charge is 0.240 e. The second-order valence-electron chi connectivity index (χ2n) is 5.10. The SMILES string of the molecule is Cc1ccc(S(=O)(=O)NC(C)Cc2cccs2)cc1CN. The van der Waals surface area contributed by atoms with Gasteiger partial charge in [0, 0.05) is 17.5 Å². The van der Waals surface area contributed by atoms with Crippen LogP contribution >= 0.6 is 11.3 Å². The standard InChI is InChI=1S/C15H20N2O2S2/c1-11-5-6-15(9-13(11)10-16)21(18,19)17-12(2)8-14-4-3-7-20-14/h3-7,9,12,17H,8,10,16H2,1-2H3. The predicted molar refractivity (Wildman–Crippen MR) is 86.9 cm³/mol. The molecule has 0 aliphatic carbocycles. The number of thiophene rings is 1. The topological polar surface area (TPSA) is 72.2 Å². The van der Waals surface area contributed by atoms with E-state index in [1.54, 1.807) is 29.5 Å². The van der Waals surface area contributed by atoms with Crippen LogP contribution in [0.5, 0.6) is 0 Å². The molecule has 1 unspecified atom stereocenters. The number of benzene rings is 1. The maximum Gasteiger partial charge on any atom is 0.240 e. The lowest BCUT2D eigenvalue weighted by Gasteiger charge is -2.14. The van der Waals surface area contributed by atoms with Crippen molar-refractivity contribution in [3.05, 3.63) is 51.7 Å². The molecule has 1 aromatic heterocycles. The Balaban J connectivity index is 2.14. The summed E-state index contributed by atoms with van der Waals surface area (Å²) in [6.45, 7) is 4.13. The normalized spacial score (nSPS) is 13.3. The average Bonchev–Trinajstić information content (AvgIpc) is 2.91. The highest BCUT2D eigenvalue weighted by atomic mass is 32.2. The third-order valence-corrected chi connectivity index (χ3v) is 5.78. The van der Waals surface area contributed by atoms with Crippen molar-refractivity contribution in [1.29, 1.82) is 0 Å². The molecule has 0 fully saturated rings. The first kappa shape index (κ1) is 16.2. The highest BCUT2D eigenvalue weighted by Crippen LogP contribution is 2.17. The van der Waals surface area contributed by atoms with Gasteiger partial charge in [0.25, 0.3) is 0 Å². The fraction of sp³-hybridized carbons (Fsp3) is 0.333. The van der Waals surface area contributed by atoms with Crippen LogP contribution in [0.15, 0.2) is 40.6 Å². The first-order valence-electron chi connectivity index (χ1n) is 6.76. The molecule has 0 spiro atoms. The summed E-state index contributed by atoms with van der Waals surface area (Å²) >= 11 is 1.63.